The summed E-state index contributed by atoms with van der Waals surface area (Å²) in [4.78, 5) is 50.8. The Kier molecular flexibility index (Phi) is 11.2. The Hall–Kier alpha value is -1.80. The van der Waals surface area contributed by atoms with Crippen molar-refractivity contribution >= 4 is 23.9 Å². The van der Waals surface area contributed by atoms with E-state index in [0.717, 1.165) is 44.9 Å². The van der Waals surface area contributed by atoms with Gasteiger partial charge < -0.3 is 10.0 Å². The van der Waals surface area contributed by atoms with Crippen LogP contribution in [0.4, 0.5) is 0 Å². The molecule has 1 heterocycles. The molecular weight excluding hydrogens is 400 g/mol. The maximum atomic E-state index is 13.3. The molecule has 1 aliphatic heterocycles. The van der Waals surface area contributed by atoms with E-state index in [1.807, 2.05) is 0 Å². The molecule has 2 atom stereocenters. The van der Waals surface area contributed by atoms with Crippen LogP contribution < -0.4 is 0 Å². The maximum Gasteiger partial charge on any atom is 0.233 e. The Balaban J connectivity index is 1.92. The number of rotatable bonds is 15. The van der Waals surface area contributed by atoms with Crippen LogP contribution >= 0.6 is 0 Å². The summed E-state index contributed by atoms with van der Waals surface area (Å²) < 4.78 is 0. The lowest BCUT2D eigenvalue weighted by molar-refractivity contribution is -0.158. The highest BCUT2D eigenvalue weighted by atomic mass is 16.5. The van der Waals surface area contributed by atoms with Crippen LogP contribution in [0, 0.1) is 11.8 Å². The molecule has 8 nitrogen and oxygen atoms in total. The molecule has 2 amide bonds. The molecule has 2 aliphatic rings. The predicted octanol–water partition coefficient (Wildman–Crippen LogP) is 2.49. The highest BCUT2D eigenvalue weighted by Crippen LogP contribution is 2.32. The number of unbranched alkanes of at least 4 members (excludes halogenated alkanes) is 3. The number of hydrogen-bond acceptors (Lipinski definition) is 6. The van der Waals surface area contributed by atoms with Gasteiger partial charge in [-0.05, 0) is 38.0 Å². The van der Waals surface area contributed by atoms with Crippen LogP contribution in [0.15, 0.2) is 0 Å². The van der Waals surface area contributed by atoms with E-state index in [9.17, 15) is 24.4 Å². The smallest absolute Gasteiger partial charge is 0.233 e. The van der Waals surface area contributed by atoms with Gasteiger partial charge in [0.1, 0.15) is 5.78 Å². The Morgan fingerprint density at radius 2 is 1.74 bits per heavy atom. The van der Waals surface area contributed by atoms with Gasteiger partial charge in [0.15, 0.2) is 5.78 Å². The lowest BCUT2D eigenvalue weighted by Crippen LogP contribution is -2.46. The first-order valence-corrected chi connectivity index (χ1v) is 11.8. The largest absolute Gasteiger partial charge is 0.396 e. The summed E-state index contributed by atoms with van der Waals surface area (Å²) in [6.07, 6.45) is 9.90. The molecule has 0 spiro atoms. The Morgan fingerprint density at radius 1 is 1.03 bits per heavy atom. The van der Waals surface area contributed by atoms with Gasteiger partial charge in [-0.2, -0.15) is 0 Å². The third-order valence-electron chi connectivity index (χ3n) is 6.61. The van der Waals surface area contributed by atoms with Crippen LogP contribution in [0.2, 0.25) is 0 Å². The molecule has 2 N–H and O–H groups in total. The summed E-state index contributed by atoms with van der Waals surface area (Å²) in [5, 5.41) is 19.0. The highest BCUT2D eigenvalue weighted by Gasteiger charge is 2.38. The molecule has 0 radical (unpaired) electrons. The molecule has 0 aromatic heterocycles. The predicted molar refractivity (Wildman–Crippen MR) is 114 cm³/mol. The van der Waals surface area contributed by atoms with Crippen LogP contribution in [0.1, 0.15) is 83.5 Å². The van der Waals surface area contributed by atoms with Gasteiger partial charge in [-0.1, -0.05) is 38.5 Å². The van der Waals surface area contributed by atoms with Gasteiger partial charge in [0.2, 0.25) is 12.3 Å². The van der Waals surface area contributed by atoms with Crippen molar-refractivity contribution in [3.05, 3.63) is 0 Å². The second-order valence-electron chi connectivity index (χ2n) is 9.07. The molecule has 31 heavy (non-hydrogen) atoms. The van der Waals surface area contributed by atoms with E-state index in [4.69, 9.17) is 5.11 Å². The molecular formula is C23H38N2O6. The van der Waals surface area contributed by atoms with Crippen molar-refractivity contribution in [1.82, 2.24) is 9.96 Å². The van der Waals surface area contributed by atoms with E-state index in [-0.39, 0.29) is 37.0 Å². The second-order valence-corrected chi connectivity index (χ2v) is 9.07. The SMILES string of the molecule is O=CN(O)C[C@@H](CC1CCCC1)C(=O)N1CCC[C@H]1C(=O)CC(=O)CCCCCCO. The third kappa shape index (κ3) is 8.33. The minimum atomic E-state index is -0.583. The Morgan fingerprint density at radius 3 is 2.42 bits per heavy atom. The molecule has 0 aromatic rings. The van der Waals surface area contributed by atoms with Gasteiger partial charge >= 0.3 is 0 Å². The van der Waals surface area contributed by atoms with Gasteiger partial charge in [-0.3, -0.25) is 24.4 Å². The Labute approximate surface area is 184 Å². The normalized spacial score (nSPS) is 20.1. The molecule has 1 aliphatic carbocycles. The molecule has 0 bridgehead atoms. The van der Waals surface area contributed by atoms with Crippen LogP contribution in [-0.4, -0.2) is 69.9 Å². The number of aliphatic hydroxyl groups excluding tert-OH is 1. The summed E-state index contributed by atoms with van der Waals surface area (Å²) in [6, 6.07) is -0.583. The number of carbonyl (C=O) groups excluding carboxylic acids is 4. The number of amides is 2. The van der Waals surface area contributed by atoms with Gasteiger partial charge in [-0.25, -0.2) is 5.06 Å². The van der Waals surface area contributed by atoms with Crippen molar-refractivity contribution in [2.45, 2.75) is 89.5 Å². The van der Waals surface area contributed by atoms with Crippen molar-refractivity contribution < 1.29 is 29.5 Å². The van der Waals surface area contributed by atoms with E-state index in [1.54, 1.807) is 4.90 Å². The topological polar surface area (TPSA) is 115 Å². The fraction of sp³-hybridized carbons (Fsp3) is 0.826. The lowest BCUT2D eigenvalue weighted by atomic mass is 9.91. The number of ketones is 2. The minimum absolute atomic E-state index is 0.0665. The van der Waals surface area contributed by atoms with Crippen molar-refractivity contribution in [3.63, 3.8) is 0 Å². The quantitative estimate of drug-likeness (QED) is 0.133. The fourth-order valence-corrected chi connectivity index (χ4v) is 4.96. The van der Waals surface area contributed by atoms with Crippen LogP contribution in [0.3, 0.4) is 0 Å². The van der Waals surface area contributed by atoms with Crippen molar-refractivity contribution in [3.8, 4) is 0 Å². The summed E-state index contributed by atoms with van der Waals surface area (Å²) in [6.45, 7) is 0.557. The highest BCUT2D eigenvalue weighted by molar-refractivity contribution is 6.03. The van der Waals surface area contributed by atoms with Crippen LogP contribution in [0.25, 0.3) is 0 Å². The van der Waals surface area contributed by atoms with E-state index < -0.39 is 12.0 Å². The van der Waals surface area contributed by atoms with Crippen molar-refractivity contribution in [2.75, 3.05) is 19.7 Å². The summed E-state index contributed by atoms with van der Waals surface area (Å²) >= 11 is 0. The van der Waals surface area contributed by atoms with E-state index in [1.165, 1.54) is 0 Å². The number of likely N-dealkylation sites (tertiary alicyclic amines) is 1. The summed E-state index contributed by atoms with van der Waals surface area (Å²) in [5.74, 6) is -0.632. The molecule has 176 valence electrons. The van der Waals surface area contributed by atoms with Crippen molar-refractivity contribution in [1.29, 1.82) is 0 Å². The number of carbonyl (C=O) groups is 4. The number of hydrogen-bond donors (Lipinski definition) is 2. The average molecular weight is 439 g/mol. The monoisotopic (exact) mass is 438 g/mol. The molecule has 1 saturated heterocycles. The zero-order valence-electron chi connectivity index (χ0n) is 18.5. The van der Waals surface area contributed by atoms with E-state index in [0.29, 0.717) is 56.0 Å². The van der Waals surface area contributed by atoms with Gasteiger partial charge in [0, 0.05) is 19.6 Å². The zero-order chi connectivity index (χ0) is 22.6. The molecule has 1 saturated carbocycles. The van der Waals surface area contributed by atoms with Gasteiger partial charge in [0.05, 0.1) is 24.9 Å². The molecule has 0 aromatic carbocycles. The number of aliphatic hydroxyl groups is 1. The number of nitrogens with zero attached hydrogens (tertiary/aromatic N) is 2. The third-order valence-corrected chi connectivity index (χ3v) is 6.61. The summed E-state index contributed by atoms with van der Waals surface area (Å²) in [7, 11) is 0. The van der Waals surface area contributed by atoms with Gasteiger partial charge in [0.25, 0.3) is 0 Å². The fourth-order valence-electron chi connectivity index (χ4n) is 4.96. The lowest BCUT2D eigenvalue weighted by Gasteiger charge is -2.30. The minimum Gasteiger partial charge on any atom is -0.396 e. The molecule has 2 fully saturated rings. The van der Waals surface area contributed by atoms with E-state index in [2.05, 4.69) is 0 Å². The maximum absolute atomic E-state index is 13.3. The van der Waals surface area contributed by atoms with Crippen LogP contribution in [0.5, 0.6) is 0 Å². The standard InChI is InChI=1S/C23H38N2O6/c26-13-6-2-1-3-10-20(28)15-22(29)21-11-7-12-25(21)23(30)19(16-24(31)17-27)14-18-8-4-5-9-18/h17-19,21,26,31H,1-16H2/t19-,21+/m1/s1. The van der Waals surface area contributed by atoms with Crippen molar-refractivity contribution in [2.24, 2.45) is 11.8 Å². The Bertz CT molecular complexity index is 605. The summed E-state index contributed by atoms with van der Waals surface area (Å²) in [5.41, 5.74) is 0. The molecule has 8 heteroatoms. The first-order chi connectivity index (χ1) is 15.0. The van der Waals surface area contributed by atoms with E-state index >= 15 is 0 Å². The first-order valence-electron chi connectivity index (χ1n) is 11.8. The molecule has 0 unspecified atom stereocenters. The zero-order valence-corrected chi connectivity index (χ0v) is 18.5. The first kappa shape index (κ1) is 25.5. The molecule has 2 rings (SSSR count). The number of hydroxylamine groups is 2. The number of Topliss-reactive ketones (excluding diaryl/α,β-unsaturated/α-hetero) is 2. The van der Waals surface area contributed by atoms with Crippen LogP contribution in [-0.2, 0) is 19.2 Å². The van der Waals surface area contributed by atoms with Gasteiger partial charge in [-0.15, -0.1) is 0 Å². The second kappa shape index (κ2) is 13.6. The average Bonchev–Trinajstić information content (AvgIpc) is 3.44.